The molecular formula is C17H19N5O2S. The molecule has 1 aromatic carbocycles. The molecule has 2 heterocycles. The molecule has 0 aliphatic rings. The zero-order valence-electron chi connectivity index (χ0n) is 13.8. The quantitative estimate of drug-likeness (QED) is 0.496. The average Bonchev–Trinajstić information content (AvgIpc) is 3.26. The molecule has 3 rings (SSSR count). The zero-order chi connectivity index (χ0) is 17.6. The van der Waals surface area contributed by atoms with Gasteiger partial charge in [0.05, 0.1) is 11.5 Å². The fraction of sp³-hybridized carbons (Fsp3) is 0.235. The van der Waals surface area contributed by atoms with Gasteiger partial charge in [0.25, 0.3) is 0 Å². The van der Waals surface area contributed by atoms with Gasteiger partial charge in [0, 0.05) is 6.54 Å². The van der Waals surface area contributed by atoms with E-state index >= 15 is 0 Å². The van der Waals surface area contributed by atoms with E-state index in [0.29, 0.717) is 23.3 Å². The highest BCUT2D eigenvalue weighted by Crippen LogP contribution is 2.24. The van der Waals surface area contributed by atoms with Crippen LogP contribution in [0.3, 0.4) is 0 Å². The summed E-state index contributed by atoms with van der Waals surface area (Å²) in [5, 5.41) is 11.1. The lowest BCUT2D eigenvalue weighted by molar-refractivity contribution is -0.120. The molecule has 8 heteroatoms. The van der Waals surface area contributed by atoms with Crippen molar-refractivity contribution in [3.05, 3.63) is 54.3 Å². The Morgan fingerprint density at radius 3 is 2.80 bits per heavy atom. The lowest BCUT2D eigenvalue weighted by atomic mass is 10.1. The summed E-state index contributed by atoms with van der Waals surface area (Å²) in [5.74, 6) is 6.88. The van der Waals surface area contributed by atoms with E-state index in [9.17, 15) is 4.79 Å². The Hall–Kier alpha value is -2.74. The van der Waals surface area contributed by atoms with Crippen LogP contribution in [0.25, 0.3) is 11.6 Å². The first-order chi connectivity index (χ1) is 12.1. The third kappa shape index (κ3) is 4.21. The van der Waals surface area contributed by atoms with Gasteiger partial charge in [0.1, 0.15) is 0 Å². The smallest absolute Gasteiger partial charge is 0.233 e. The van der Waals surface area contributed by atoms with Crippen LogP contribution in [-0.4, -0.2) is 32.6 Å². The van der Waals surface area contributed by atoms with Gasteiger partial charge in [-0.05, 0) is 31.0 Å². The molecule has 1 atom stereocenters. The number of carbonyl (C=O) groups excluding carboxylic acids is 1. The second-order valence-corrected chi connectivity index (χ2v) is 6.75. The van der Waals surface area contributed by atoms with Gasteiger partial charge in [0.2, 0.25) is 16.9 Å². The van der Waals surface area contributed by atoms with E-state index in [-0.39, 0.29) is 11.2 Å². The number of hydrogen-bond acceptors (Lipinski definition) is 6. The third-order valence-electron chi connectivity index (χ3n) is 3.61. The monoisotopic (exact) mass is 357 g/mol. The molecule has 0 saturated carbocycles. The van der Waals surface area contributed by atoms with Crippen molar-refractivity contribution < 1.29 is 9.21 Å². The molecule has 0 aliphatic carbocycles. The Morgan fingerprint density at radius 2 is 2.08 bits per heavy atom. The number of nitrogen functional groups attached to an aromatic ring is 1. The fourth-order valence-electron chi connectivity index (χ4n) is 2.26. The molecule has 25 heavy (non-hydrogen) atoms. The van der Waals surface area contributed by atoms with Gasteiger partial charge in [0.15, 0.2) is 5.76 Å². The van der Waals surface area contributed by atoms with E-state index in [1.165, 1.54) is 22.0 Å². The highest BCUT2D eigenvalue weighted by atomic mass is 32.2. The van der Waals surface area contributed by atoms with Crippen molar-refractivity contribution in [3.63, 3.8) is 0 Å². The Balaban J connectivity index is 1.53. The second kappa shape index (κ2) is 7.89. The van der Waals surface area contributed by atoms with Crippen molar-refractivity contribution in [3.8, 4) is 11.6 Å². The Morgan fingerprint density at radius 1 is 1.28 bits per heavy atom. The van der Waals surface area contributed by atoms with E-state index in [1.807, 2.05) is 37.3 Å². The highest BCUT2D eigenvalue weighted by molar-refractivity contribution is 8.00. The number of carbonyl (C=O) groups is 1. The standard InChI is InChI=1S/C17H19N5O2S/c1-12(16(23)19-10-9-13-6-3-2-4-7-13)25-17-21-20-15(22(17)18)14-8-5-11-24-14/h2-8,11-12H,9-10,18H2,1H3,(H,19,23). The molecule has 0 aliphatic heterocycles. The lowest BCUT2D eigenvalue weighted by Crippen LogP contribution is -2.32. The topological polar surface area (TPSA) is 99.0 Å². The third-order valence-corrected chi connectivity index (χ3v) is 4.67. The summed E-state index contributed by atoms with van der Waals surface area (Å²) in [7, 11) is 0. The van der Waals surface area contributed by atoms with E-state index in [0.717, 1.165) is 6.42 Å². The van der Waals surface area contributed by atoms with E-state index in [1.54, 1.807) is 18.4 Å². The number of thioether (sulfide) groups is 1. The van der Waals surface area contributed by atoms with Crippen molar-refractivity contribution in [1.29, 1.82) is 0 Å². The lowest BCUT2D eigenvalue weighted by Gasteiger charge is -2.11. The van der Waals surface area contributed by atoms with E-state index in [4.69, 9.17) is 10.3 Å². The number of hydrogen-bond donors (Lipinski definition) is 2. The normalized spacial score (nSPS) is 12.0. The predicted octanol–water partition coefficient (Wildman–Crippen LogP) is 2.09. The number of benzene rings is 1. The van der Waals surface area contributed by atoms with Crippen LogP contribution in [0, 0.1) is 0 Å². The number of nitrogens with zero attached hydrogens (tertiary/aromatic N) is 3. The molecule has 0 spiro atoms. The molecule has 3 aromatic rings. The maximum atomic E-state index is 12.2. The van der Waals surface area contributed by atoms with Crippen LogP contribution in [0.1, 0.15) is 12.5 Å². The van der Waals surface area contributed by atoms with E-state index in [2.05, 4.69) is 15.5 Å². The van der Waals surface area contributed by atoms with Crippen LogP contribution in [0.4, 0.5) is 0 Å². The van der Waals surface area contributed by atoms with Crippen molar-refractivity contribution in [2.75, 3.05) is 12.4 Å². The number of nitrogens with one attached hydrogen (secondary N) is 1. The molecule has 0 bridgehead atoms. The SMILES string of the molecule is CC(Sc1nnc(-c2ccco2)n1N)C(=O)NCCc1ccccc1. The zero-order valence-corrected chi connectivity index (χ0v) is 14.6. The molecule has 1 amide bonds. The van der Waals surface area contributed by atoms with Crippen LogP contribution >= 0.6 is 11.8 Å². The van der Waals surface area contributed by atoms with Crippen LogP contribution in [0.5, 0.6) is 0 Å². The van der Waals surface area contributed by atoms with E-state index < -0.39 is 0 Å². The van der Waals surface area contributed by atoms with Crippen LogP contribution < -0.4 is 11.2 Å². The summed E-state index contributed by atoms with van der Waals surface area (Å²) >= 11 is 1.25. The maximum absolute atomic E-state index is 12.2. The van der Waals surface area contributed by atoms with Crippen LogP contribution in [0.15, 0.2) is 58.3 Å². The van der Waals surface area contributed by atoms with Crippen molar-refractivity contribution in [1.82, 2.24) is 20.2 Å². The molecule has 0 radical (unpaired) electrons. The van der Waals surface area contributed by atoms with Crippen molar-refractivity contribution in [2.45, 2.75) is 23.8 Å². The predicted molar refractivity (Wildman–Crippen MR) is 96.3 cm³/mol. The molecule has 0 saturated heterocycles. The van der Waals surface area contributed by atoms with Gasteiger partial charge in [-0.15, -0.1) is 10.2 Å². The molecule has 7 nitrogen and oxygen atoms in total. The summed E-state index contributed by atoms with van der Waals surface area (Å²) in [6.07, 6.45) is 2.33. The molecular weight excluding hydrogens is 338 g/mol. The first-order valence-corrected chi connectivity index (χ1v) is 8.76. The number of aromatic nitrogens is 3. The molecule has 0 fully saturated rings. The summed E-state index contributed by atoms with van der Waals surface area (Å²) in [5.41, 5.74) is 1.19. The minimum atomic E-state index is -0.341. The Labute approximate surface area is 149 Å². The maximum Gasteiger partial charge on any atom is 0.233 e. The minimum Gasteiger partial charge on any atom is -0.461 e. The van der Waals surface area contributed by atoms with Crippen LogP contribution in [-0.2, 0) is 11.2 Å². The van der Waals surface area contributed by atoms with Gasteiger partial charge in [-0.3, -0.25) is 4.79 Å². The summed E-state index contributed by atoms with van der Waals surface area (Å²) in [4.78, 5) is 12.2. The van der Waals surface area contributed by atoms with Gasteiger partial charge in [-0.2, -0.15) is 0 Å². The van der Waals surface area contributed by atoms with Gasteiger partial charge < -0.3 is 15.6 Å². The Bertz CT molecular complexity index is 817. The van der Waals surface area contributed by atoms with Gasteiger partial charge >= 0.3 is 0 Å². The summed E-state index contributed by atoms with van der Waals surface area (Å²) in [6, 6.07) is 13.5. The van der Waals surface area contributed by atoms with Crippen molar-refractivity contribution >= 4 is 17.7 Å². The first-order valence-electron chi connectivity index (χ1n) is 7.88. The molecule has 2 aromatic heterocycles. The number of furan rings is 1. The molecule has 3 N–H and O–H groups in total. The largest absolute Gasteiger partial charge is 0.461 e. The molecule has 130 valence electrons. The average molecular weight is 357 g/mol. The number of nitrogens with two attached hydrogens (primary N) is 1. The Kier molecular flexibility index (Phi) is 5.39. The second-order valence-electron chi connectivity index (χ2n) is 5.44. The van der Waals surface area contributed by atoms with Crippen LogP contribution in [0.2, 0.25) is 0 Å². The number of rotatable bonds is 7. The molecule has 1 unspecified atom stereocenters. The van der Waals surface area contributed by atoms with Gasteiger partial charge in [-0.25, -0.2) is 4.68 Å². The fourth-order valence-corrected chi connectivity index (χ4v) is 3.06. The summed E-state index contributed by atoms with van der Waals surface area (Å²) in [6.45, 7) is 2.39. The van der Waals surface area contributed by atoms with Crippen molar-refractivity contribution in [2.24, 2.45) is 0 Å². The van der Waals surface area contributed by atoms with Gasteiger partial charge in [-0.1, -0.05) is 42.1 Å². The minimum absolute atomic E-state index is 0.0662. The first kappa shape index (κ1) is 17.1. The highest BCUT2D eigenvalue weighted by Gasteiger charge is 2.20. The number of amides is 1. The summed E-state index contributed by atoms with van der Waals surface area (Å²) < 4.78 is 6.60.